The molecule has 2 aromatic carbocycles. The first-order valence-corrected chi connectivity index (χ1v) is 11.9. The average Bonchev–Trinajstić information content (AvgIpc) is 2.85. The SMILES string of the molecule is COc1ccc2c(c1)CC(N(C)CCCC(C#N)(c1ccc(OC)c(OC)c1)C(C)C)CC2. The molecule has 2 atom stereocenters. The second-order valence-corrected chi connectivity index (χ2v) is 9.42. The first kappa shape index (κ1) is 24.9. The maximum atomic E-state index is 10.3. The predicted octanol–water partition coefficient (Wildman–Crippen LogP) is 5.40. The Balaban J connectivity index is 1.69. The highest BCUT2D eigenvalue weighted by atomic mass is 16.5. The summed E-state index contributed by atoms with van der Waals surface area (Å²) in [5.41, 5.74) is 3.28. The van der Waals surface area contributed by atoms with Gasteiger partial charge in [-0.2, -0.15) is 5.26 Å². The van der Waals surface area contributed by atoms with E-state index < -0.39 is 5.41 Å². The van der Waals surface area contributed by atoms with Crippen LogP contribution in [0.3, 0.4) is 0 Å². The number of nitrogens with zero attached hydrogens (tertiary/aromatic N) is 2. The number of aryl methyl sites for hydroxylation is 1. The number of ether oxygens (including phenoxy) is 3. The quantitative estimate of drug-likeness (QED) is 0.485. The summed E-state index contributed by atoms with van der Waals surface area (Å²) >= 11 is 0. The fourth-order valence-electron chi connectivity index (χ4n) is 5.14. The van der Waals surface area contributed by atoms with E-state index in [9.17, 15) is 5.26 Å². The molecule has 0 aliphatic heterocycles. The van der Waals surface area contributed by atoms with Crippen LogP contribution < -0.4 is 14.2 Å². The van der Waals surface area contributed by atoms with Crippen molar-refractivity contribution in [1.82, 2.24) is 4.90 Å². The largest absolute Gasteiger partial charge is 0.497 e. The third kappa shape index (κ3) is 5.28. The zero-order chi connectivity index (χ0) is 24.0. The molecular weight excluding hydrogens is 412 g/mol. The Kier molecular flexibility index (Phi) is 8.26. The van der Waals surface area contributed by atoms with Crippen LogP contribution in [0.25, 0.3) is 0 Å². The molecule has 2 aromatic rings. The van der Waals surface area contributed by atoms with Crippen molar-refractivity contribution in [3.63, 3.8) is 0 Å². The summed E-state index contributed by atoms with van der Waals surface area (Å²) in [5, 5.41) is 10.3. The van der Waals surface area contributed by atoms with E-state index in [0.717, 1.165) is 43.5 Å². The van der Waals surface area contributed by atoms with Crippen molar-refractivity contribution >= 4 is 0 Å². The molecule has 0 N–H and O–H groups in total. The number of fused-ring (bicyclic) bond motifs is 1. The standard InChI is InChI=1S/C28H38N2O3/c1-20(2)28(19-29,23-10-13-26(32-5)27(18-23)33-6)14-7-15-30(3)24-11-8-21-9-12-25(31-4)17-22(21)16-24/h9-10,12-13,17-18,20,24H,7-8,11,14-16H2,1-6H3. The lowest BCUT2D eigenvalue weighted by Gasteiger charge is -2.35. The van der Waals surface area contributed by atoms with Crippen LogP contribution in [0.4, 0.5) is 0 Å². The first-order chi connectivity index (χ1) is 15.9. The number of likely N-dealkylation sites (N-methyl/N-ethyl adjacent to an activating group) is 1. The number of hydrogen-bond acceptors (Lipinski definition) is 5. The van der Waals surface area contributed by atoms with Crippen molar-refractivity contribution in [2.45, 2.75) is 57.4 Å². The van der Waals surface area contributed by atoms with E-state index >= 15 is 0 Å². The van der Waals surface area contributed by atoms with Gasteiger partial charge in [-0.05, 0) is 92.6 Å². The Bertz CT molecular complexity index is 982. The maximum absolute atomic E-state index is 10.3. The predicted molar refractivity (Wildman–Crippen MR) is 132 cm³/mol. The smallest absolute Gasteiger partial charge is 0.161 e. The maximum Gasteiger partial charge on any atom is 0.161 e. The fraction of sp³-hybridized carbons (Fsp3) is 0.536. The van der Waals surface area contributed by atoms with Gasteiger partial charge in [0.1, 0.15) is 5.75 Å². The van der Waals surface area contributed by atoms with Crippen LogP contribution in [0.2, 0.25) is 0 Å². The molecule has 0 saturated carbocycles. The monoisotopic (exact) mass is 450 g/mol. The Labute approximate surface area is 199 Å². The van der Waals surface area contributed by atoms with Gasteiger partial charge < -0.3 is 19.1 Å². The zero-order valence-corrected chi connectivity index (χ0v) is 21.0. The molecule has 0 aromatic heterocycles. The van der Waals surface area contributed by atoms with Crippen molar-refractivity contribution in [3.05, 3.63) is 53.1 Å². The minimum atomic E-state index is -0.563. The number of nitriles is 1. The Morgan fingerprint density at radius 3 is 2.42 bits per heavy atom. The Hall–Kier alpha value is -2.71. The molecule has 1 aliphatic carbocycles. The number of rotatable bonds is 10. The molecule has 0 heterocycles. The molecule has 0 spiro atoms. The molecule has 2 unspecified atom stereocenters. The Morgan fingerprint density at radius 1 is 1.03 bits per heavy atom. The minimum absolute atomic E-state index is 0.180. The van der Waals surface area contributed by atoms with E-state index in [-0.39, 0.29) is 5.92 Å². The highest BCUT2D eigenvalue weighted by molar-refractivity contribution is 5.47. The number of hydrogen-bond donors (Lipinski definition) is 0. The summed E-state index contributed by atoms with van der Waals surface area (Å²) in [6.07, 6.45) is 5.08. The van der Waals surface area contributed by atoms with Crippen LogP contribution in [-0.2, 0) is 18.3 Å². The van der Waals surface area contributed by atoms with Crippen molar-refractivity contribution in [1.29, 1.82) is 5.26 Å². The van der Waals surface area contributed by atoms with E-state index in [1.165, 1.54) is 17.5 Å². The molecule has 33 heavy (non-hydrogen) atoms. The zero-order valence-electron chi connectivity index (χ0n) is 21.0. The summed E-state index contributed by atoms with van der Waals surface area (Å²) in [7, 11) is 7.21. The summed E-state index contributed by atoms with van der Waals surface area (Å²) < 4.78 is 16.3. The second kappa shape index (κ2) is 10.9. The van der Waals surface area contributed by atoms with Crippen LogP contribution in [0, 0.1) is 17.2 Å². The Morgan fingerprint density at radius 2 is 1.79 bits per heavy atom. The molecule has 0 bridgehead atoms. The molecule has 3 rings (SSSR count). The first-order valence-electron chi connectivity index (χ1n) is 11.9. The van der Waals surface area contributed by atoms with E-state index in [2.05, 4.69) is 50.1 Å². The summed E-state index contributed by atoms with van der Waals surface area (Å²) in [6.45, 7) is 5.23. The van der Waals surface area contributed by atoms with Gasteiger partial charge in [-0.3, -0.25) is 0 Å². The van der Waals surface area contributed by atoms with Gasteiger partial charge in [0.15, 0.2) is 11.5 Å². The van der Waals surface area contributed by atoms with Crippen molar-refractivity contribution in [3.8, 4) is 23.3 Å². The van der Waals surface area contributed by atoms with Crippen LogP contribution in [0.15, 0.2) is 36.4 Å². The molecule has 1 aliphatic rings. The number of methoxy groups -OCH3 is 3. The molecule has 5 heteroatoms. The van der Waals surface area contributed by atoms with E-state index in [1.807, 2.05) is 18.2 Å². The third-order valence-corrected chi connectivity index (χ3v) is 7.40. The molecule has 5 nitrogen and oxygen atoms in total. The van der Waals surface area contributed by atoms with Crippen LogP contribution in [0.5, 0.6) is 17.2 Å². The van der Waals surface area contributed by atoms with Crippen LogP contribution in [0.1, 0.15) is 49.8 Å². The van der Waals surface area contributed by atoms with Gasteiger partial charge in [-0.1, -0.05) is 26.0 Å². The normalized spacial score (nSPS) is 17.2. The number of benzene rings is 2. The lowest BCUT2D eigenvalue weighted by atomic mass is 9.69. The summed E-state index contributed by atoms with van der Waals surface area (Å²) in [4.78, 5) is 2.47. The lowest BCUT2D eigenvalue weighted by Crippen LogP contribution is -2.38. The highest BCUT2D eigenvalue weighted by Gasteiger charge is 2.36. The van der Waals surface area contributed by atoms with Crippen LogP contribution >= 0.6 is 0 Å². The van der Waals surface area contributed by atoms with Crippen LogP contribution in [-0.4, -0.2) is 45.9 Å². The molecule has 0 fully saturated rings. The van der Waals surface area contributed by atoms with Crippen molar-refractivity contribution < 1.29 is 14.2 Å². The average molecular weight is 451 g/mol. The summed E-state index contributed by atoms with van der Waals surface area (Å²) in [5.74, 6) is 2.47. The fourth-order valence-corrected chi connectivity index (χ4v) is 5.14. The molecular formula is C28H38N2O3. The van der Waals surface area contributed by atoms with Crippen molar-refractivity contribution in [2.24, 2.45) is 5.92 Å². The topological polar surface area (TPSA) is 54.7 Å². The third-order valence-electron chi connectivity index (χ3n) is 7.40. The molecule has 178 valence electrons. The highest BCUT2D eigenvalue weighted by Crippen LogP contribution is 2.40. The van der Waals surface area contributed by atoms with E-state index in [4.69, 9.17) is 14.2 Å². The van der Waals surface area contributed by atoms with Gasteiger partial charge in [-0.25, -0.2) is 0 Å². The van der Waals surface area contributed by atoms with Crippen molar-refractivity contribution in [2.75, 3.05) is 34.9 Å². The van der Waals surface area contributed by atoms with Gasteiger partial charge in [0, 0.05) is 6.04 Å². The molecule has 0 saturated heterocycles. The van der Waals surface area contributed by atoms with Gasteiger partial charge in [0.2, 0.25) is 0 Å². The minimum Gasteiger partial charge on any atom is -0.497 e. The van der Waals surface area contributed by atoms with Gasteiger partial charge >= 0.3 is 0 Å². The molecule has 0 radical (unpaired) electrons. The second-order valence-electron chi connectivity index (χ2n) is 9.42. The lowest BCUT2D eigenvalue weighted by molar-refractivity contribution is 0.209. The summed E-state index contributed by atoms with van der Waals surface area (Å²) in [6, 6.07) is 15.5. The van der Waals surface area contributed by atoms with E-state index in [0.29, 0.717) is 17.5 Å². The van der Waals surface area contributed by atoms with Gasteiger partial charge in [0.05, 0.1) is 32.8 Å². The van der Waals surface area contributed by atoms with Gasteiger partial charge in [0.25, 0.3) is 0 Å². The van der Waals surface area contributed by atoms with Gasteiger partial charge in [-0.15, -0.1) is 0 Å². The molecule has 0 amide bonds. The van der Waals surface area contributed by atoms with E-state index in [1.54, 1.807) is 21.3 Å².